The summed E-state index contributed by atoms with van der Waals surface area (Å²) in [5.41, 5.74) is 0. The number of hydrogen-bond acceptors (Lipinski definition) is 4. The molecule has 27 heavy (non-hydrogen) atoms. The number of carboxylic acid groups (broad SMARTS) is 1. The predicted molar refractivity (Wildman–Crippen MR) is 106 cm³/mol. The van der Waals surface area contributed by atoms with Crippen LogP contribution in [0.4, 0.5) is 0 Å². The Labute approximate surface area is 163 Å². The number of rotatable bonds is 14. The van der Waals surface area contributed by atoms with Crippen LogP contribution < -0.4 is 0 Å². The number of aliphatic carboxylic acids is 1. The molecule has 1 saturated carbocycles. The number of ketones is 1. The highest BCUT2D eigenvalue weighted by Crippen LogP contribution is 2.33. The molecule has 0 aromatic rings. The largest absolute Gasteiger partial charge is 0.481 e. The molecule has 0 aromatic heterocycles. The van der Waals surface area contributed by atoms with Gasteiger partial charge in [-0.25, -0.2) is 0 Å². The van der Waals surface area contributed by atoms with Gasteiger partial charge in [0, 0.05) is 24.7 Å². The third kappa shape index (κ3) is 9.87. The van der Waals surface area contributed by atoms with Gasteiger partial charge in [0.1, 0.15) is 5.78 Å². The summed E-state index contributed by atoms with van der Waals surface area (Å²) >= 11 is 0. The Morgan fingerprint density at radius 3 is 2.67 bits per heavy atom. The Morgan fingerprint density at radius 2 is 1.96 bits per heavy atom. The maximum absolute atomic E-state index is 12.2. The molecule has 5 nitrogen and oxygen atoms in total. The van der Waals surface area contributed by atoms with Gasteiger partial charge in [-0.05, 0) is 32.1 Å². The van der Waals surface area contributed by atoms with Crippen LogP contribution in [0.25, 0.3) is 0 Å². The second-order valence-corrected chi connectivity index (χ2v) is 7.57. The van der Waals surface area contributed by atoms with Gasteiger partial charge in [-0.3, -0.25) is 9.59 Å². The molecule has 0 spiro atoms. The molecular weight excluding hydrogens is 344 g/mol. The number of unbranched alkanes of at least 4 members (excludes halogenated alkanes) is 5. The fourth-order valence-corrected chi connectivity index (χ4v) is 3.56. The van der Waals surface area contributed by atoms with E-state index in [2.05, 4.69) is 6.92 Å². The molecule has 0 amide bonds. The van der Waals surface area contributed by atoms with E-state index in [1.165, 1.54) is 0 Å². The van der Waals surface area contributed by atoms with Crippen molar-refractivity contribution in [2.75, 3.05) is 0 Å². The zero-order chi connectivity index (χ0) is 20.1. The minimum Gasteiger partial charge on any atom is -0.481 e. The van der Waals surface area contributed by atoms with Gasteiger partial charge in [0.15, 0.2) is 0 Å². The van der Waals surface area contributed by atoms with Crippen LogP contribution in [0.1, 0.15) is 77.6 Å². The number of Topliss-reactive ketones (excluding diaryl/α,β-unsaturated/α-hetero) is 1. The van der Waals surface area contributed by atoms with Gasteiger partial charge in [-0.1, -0.05) is 56.9 Å². The van der Waals surface area contributed by atoms with E-state index in [9.17, 15) is 19.8 Å². The van der Waals surface area contributed by atoms with Crippen LogP contribution in [-0.4, -0.2) is 39.3 Å². The molecule has 1 aliphatic carbocycles. The SMILES string of the molecule is CCCCCC(O)/C=C/C1C(O)CC(=O)C1C/C=C/CCCCCC(=O)O. The van der Waals surface area contributed by atoms with Gasteiger partial charge in [0.2, 0.25) is 0 Å². The van der Waals surface area contributed by atoms with Crippen molar-refractivity contribution in [1.29, 1.82) is 0 Å². The van der Waals surface area contributed by atoms with Crippen molar-refractivity contribution in [1.82, 2.24) is 0 Å². The van der Waals surface area contributed by atoms with Crippen LogP contribution in [0, 0.1) is 11.8 Å². The fraction of sp³-hybridized carbons (Fsp3) is 0.727. The first-order valence-corrected chi connectivity index (χ1v) is 10.4. The number of hydrogen-bond donors (Lipinski definition) is 3. The second kappa shape index (κ2) is 13.7. The number of aliphatic hydroxyl groups is 2. The predicted octanol–water partition coefficient (Wildman–Crippen LogP) is 4.03. The quantitative estimate of drug-likeness (QED) is 0.312. The minimum atomic E-state index is -0.751. The first-order chi connectivity index (χ1) is 13.0. The highest BCUT2D eigenvalue weighted by Gasteiger charge is 2.39. The van der Waals surface area contributed by atoms with Crippen molar-refractivity contribution >= 4 is 11.8 Å². The first-order valence-electron chi connectivity index (χ1n) is 10.4. The summed E-state index contributed by atoms with van der Waals surface area (Å²) < 4.78 is 0. The van der Waals surface area contributed by atoms with E-state index in [1.807, 2.05) is 18.2 Å². The highest BCUT2D eigenvalue weighted by molar-refractivity contribution is 5.84. The van der Waals surface area contributed by atoms with Gasteiger partial charge < -0.3 is 15.3 Å². The van der Waals surface area contributed by atoms with Crippen LogP contribution in [0.2, 0.25) is 0 Å². The van der Waals surface area contributed by atoms with E-state index in [1.54, 1.807) is 6.08 Å². The summed E-state index contributed by atoms with van der Waals surface area (Å²) in [6.45, 7) is 2.12. The van der Waals surface area contributed by atoms with Gasteiger partial charge in [-0.2, -0.15) is 0 Å². The summed E-state index contributed by atoms with van der Waals surface area (Å²) in [4.78, 5) is 22.6. The molecule has 0 heterocycles. The van der Waals surface area contributed by atoms with E-state index in [0.717, 1.165) is 38.5 Å². The van der Waals surface area contributed by atoms with E-state index in [4.69, 9.17) is 5.11 Å². The molecule has 5 heteroatoms. The Bertz CT molecular complexity index is 497. The third-order valence-electron chi connectivity index (χ3n) is 5.21. The van der Waals surface area contributed by atoms with Crippen molar-refractivity contribution in [3.8, 4) is 0 Å². The molecule has 1 aliphatic rings. The summed E-state index contributed by atoms with van der Waals surface area (Å²) in [5.74, 6) is -1.11. The maximum atomic E-state index is 12.2. The number of carbonyl (C=O) groups is 2. The van der Waals surface area contributed by atoms with Crippen LogP contribution >= 0.6 is 0 Å². The molecule has 0 saturated heterocycles. The molecule has 4 atom stereocenters. The molecule has 4 unspecified atom stereocenters. The summed E-state index contributed by atoms with van der Waals surface area (Å²) in [6, 6.07) is 0. The van der Waals surface area contributed by atoms with Crippen LogP contribution in [-0.2, 0) is 9.59 Å². The standard InChI is InChI=1S/C22H36O5/c1-2-3-8-11-17(23)14-15-19-18(20(24)16-21(19)25)12-9-6-4-5-7-10-13-22(26)27/h6,9,14-15,17-19,21,23,25H,2-5,7-8,10-13,16H2,1H3,(H,26,27)/b9-6+,15-14+. The third-order valence-corrected chi connectivity index (χ3v) is 5.21. The second-order valence-electron chi connectivity index (χ2n) is 7.57. The molecule has 1 fully saturated rings. The van der Waals surface area contributed by atoms with Crippen LogP contribution in [0.15, 0.2) is 24.3 Å². The van der Waals surface area contributed by atoms with Gasteiger partial charge >= 0.3 is 5.97 Å². The highest BCUT2D eigenvalue weighted by atomic mass is 16.4. The first kappa shape index (κ1) is 23.6. The molecule has 0 aliphatic heterocycles. The lowest BCUT2D eigenvalue weighted by Crippen LogP contribution is -2.18. The molecular formula is C22H36O5. The van der Waals surface area contributed by atoms with Gasteiger partial charge in [0.25, 0.3) is 0 Å². The lowest BCUT2D eigenvalue weighted by molar-refractivity contribution is -0.137. The van der Waals surface area contributed by atoms with E-state index < -0.39 is 18.2 Å². The summed E-state index contributed by atoms with van der Waals surface area (Å²) in [5, 5.41) is 28.8. The van der Waals surface area contributed by atoms with E-state index in [-0.39, 0.29) is 30.5 Å². The number of aliphatic hydroxyl groups excluding tert-OH is 2. The van der Waals surface area contributed by atoms with Crippen molar-refractivity contribution in [3.05, 3.63) is 24.3 Å². The molecule has 3 N–H and O–H groups in total. The molecule has 0 radical (unpaired) electrons. The minimum absolute atomic E-state index is 0.0868. The Morgan fingerprint density at radius 1 is 1.19 bits per heavy atom. The average Bonchev–Trinajstić information content (AvgIpc) is 2.88. The lowest BCUT2D eigenvalue weighted by atomic mass is 9.90. The smallest absolute Gasteiger partial charge is 0.303 e. The van der Waals surface area contributed by atoms with Crippen molar-refractivity contribution in [2.45, 2.75) is 89.8 Å². The normalized spacial score (nSPS) is 24.3. The molecule has 154 valence electrons. The molecule has 0 bridgehead atoms. The topological polar surface area (TPSA) is 94.8 Å². The number of carbonyl (C=O) groups excluding carboxylic acids is 1. The average molecular weight is 381 g/mol. The Balaban J connectivity index is 2.39. The van der Waals surface area contributed by atoms with Gasteiger partial charge in [-0.15, -0.1) is 0 Å². The monoisotopic (exact) mass is 380 g/mol. The fourth-order valence-electron chi connectivity index (χ4n) is 3.56. The number of allylic oxidation sites excluding steroid dienone is 2. The van der Waals surface area contributed by atoms with Crippen molar-refractivity contribution in [3.63, 3.8) is 0 Å². The van der Waals surface area contributed by atoms with Crippen LogP contribution in [0.5, 0.6) is 0 Å². The van der Waals surface area contributed by atoms with E-state index >= 15 is 0 Å². The summed E-state index contributed by atoms with van der Waals surface area (Å²) in [7, 11) is 0. The Kier molecular flexibility index (Phi) is 11.9. The van der Waals surface area contributed by atoms with Crippen LogP contribution in [0.3, 0.4) is 0 Å². The zero-order valence-corrected chi connectivity index (χ0v) is 16.6. The lowest BCUT2D eigenvalue weighted by Gasteiger charge is -2.16. The van der Waals surface area contributed by atoms with Crippen molar-refractivity contribution in [2.24, 2.45) is 11.8 Å². The van der Waals surface area contributed by atoms with E-state index in [0.29, 0.717) is 19.3 Å². The number of carboxylic acids is 1. The summed E-state index contributed by atoms with van der Waals surface area (Å²) in [6.07, 6.45) is 14.7. The molecule has 0 aromatic carbocycles. The van der Waals surface area contributed by atoms with Crippen molar-refractivity contribution < 1.29 is 24.9 Å². The van der Waals surface area contributed by atoms with Gasteiger partial charge in [0.05, 0.1) is 12.2 Å². The maximum Gasteiger partial charge on any atom is 0.303 e. The Hall–Kier alpha value is -1.46. The molecule has 1 rings (SSSR count). The zero-order valence-electron chi connectivity index (χ0n) is 16.6.